The largest absolute Gasteiger partial charge is 0.481 e. The van der Waals surface area contributed by atoms with Gasteiger partial charge in [0.05, 0.1) is 5.92 Å². The monoisotopic (exact) mass is 296 g/mol. The topological polar surface area (TPSA) is 69.6 Å². The fourth-order valence-corrected chi connectivity index (χ4v) is 4.18. The molecule has 4 unspecified atom stereocenters. The second-order valence-corrected chi connectivity index (χ2v) is 6.35. The number of nitrogens with one attached hydrogen (secondary N) is 1. The van der Waals surface area contributed by atoms with E-state index in [1.165, 1.54) is 0 Å². The van der Waals surface area contributed by atoms with Crippen LogP contribution in [0.4, 0.5) is 0 Å². The van der Waals surface area contributed by atoms with Crippen molar-refractivity contribution in [1.29, 1.82) is 0 Å². The van der Waals surface area contributed by atoms with Crippen LogP contribution >= 0.6 is 0 Å². The maximum absolute atomic E-state index is 11.9. The van der Waals surface area contributed by atoms with Gasteiger partial charge in [-0.1, -0.05) is 0 Å². The average Bonchev–Trinajstić information content (AvgIpc) is 3.05. The summed E-state index contributed by atoms with van der Waals surface area (Å²) in [6.07, 6.45) is 4.63. The molecule has 5 heteroatoms. The van der Waals surface area contributed by atoms with E-state index in [0.29, 0.717) is 18.3 Å². The molecule has 5 nitrogen and oxygen atoms in total. The van der Waals surface area contributed by atoms with E-state index >= 15 is 0 Å². The van der Waals surface area contributed by atoms with E-state index in [0.717, 1.165) is 45.3 Å². The predicted octanol–water partition coefficient (Wildman–Crippen LogP) is 1.72. The zero-order chi connectivity index (χ0) is 15.4. The number of hydrogen-bond donors (Lipinski definition) is 2. The van der Waals surface area contributed by atoms with Gasteiger partial charge in [-0.15, -0.1) is 0 Å². The minimum Gasteiger partial charge on any atom is -0.481 e. The van der Waals surface area contributed by atoms with Crippen molar-refractivity contribution in [3.8, 4) is 0 Å². The number of aliphatic carboxylic acids is 1. The summed E-state index contributed by atoms with van der Waals surface area (Å²) in [5, 5.41) is 12.8. The molecule has 0 spiro atoms. The molecule has 2 rings (SSSR count). The fourth-order valence-electron chi connectivity index (χ4n) is 4.18. The number of amides is 1. The summed E-state index contributed by atoms with van der Waals surface area (Å²) in [5.74, 6) is 0.211. The summed E-state index contributed by atoms with van der Waals surface area (Å²) >= 11 is 0. The Morgan fingerprint density at radius 2 is 1.86 bits per heavy atom. The van der Waals surface area contributed by atoms with Gasteiger partial charge >= 0.3 is 5.97 Å². The molecule has 2 aliphatic carbocycles. The van der Waals surface area contributed by atoms with Crippen molar-refractivity contribution >= 4 is 11.9 Å². The van der Waals surface area contributed by atoms with Gasteiger partial charge < -0.3 is 15.3 Å². The van der Waals surface area contributed by atoms with Gasteiger partial charge in [0.25, 0.3) is 0 Å². The standard InChI is InChI=1S/C16H28N2O3/c1-3-18(4-2)13(19)6-5-9-17-15-12-8-7-11(10-12)14(15)16(20)21/h11-12,14-15,17H,3-10H2,1-2H3,(H,20,21). The van der Waals surface area contributed by atoms with Gasteiger partial charge in [0.15, 0.2) is 0 Å². The van der Waals surface area contributed by atoms with Gasteiger partial charge in [0, 0.05) is 25.6 Å². The van der Waals surface area contributed by atoms with Crippen LogP contribution in [0.25, 0.3) is 0 Å². The zero-order valence-electron chi connectivity index (χ0n) is 13.2. The van der Waals surface area contributed by atoms with Gasteiger partial charge in [-0.25, -0.2) is 0 Å². The van der Waals surface area contributed by atoms with Crippen LogP contribution < -0.4 is 5.32 Å². The second kappa shape index (κ2) is 7.25. The number of carboxylic acids is 1. The van der Waals surface area contributed by atoms with Gasteiger partial charge in [0.1, 0.15) is 0 Å². The van der Waals surface area contributed by atoms with E-state index in [-0.39, 0.29) is 17.9 Å². The van der Waals surface area contributed by atoms with Crippen molar-refractivity contribution in [3.05, 3.63) is 0 Å². The molecule has 0 saturated heterocycles. The molecular weight excluding hydrogens is 268 g/mol. The van der Waals surface area contributed by atoms with E-state index in [2.05, 4.69) is 5.32 Å². The molecule has 0 radical (unpaired) electrons. The maximum Gasteiger partial charge on any atom is 0.308 e. The number of carbonyl (C=O) groups excluding carboxylic acids is 1. The SMILES string of the molecule is CCN(CC)C(=O)CCCNC1C2CCC(C2)C1C(=O)O. The van der Waals surface area contributed by atoms with Crippen LogP contribution in [-0.2, 0) is 9.59 Å². The van der Waals surface area contributed by atoms with Crippen molar-refractivity contribution in [2.24, 2.45) is 17.8 Å². The van der Waals surface area contributed by atoms with Crippen molar-refractivity contribution < 1.29 is 14.7 Å². The highest BCUT2D eigenvalue weighted by Gasteiger charge is 2.50. The van der Waals surface area contributed by atoms with Crippen molar-refractivity contribution in [2.45, 2.75) is 52.0 Å². The van der Waals surface area contributed by atoms with Crippen LogP contribution in [0.15, 0.2) is 0 Å². The maximum atomic E-state index is 11.9. The summed E-state index contributed by atoms with van der Waals surface area (Å²) in [6, 6.07) is 0.116. The molecule has 0 aromatic heterocycles. The molecule has 0 aromatic carbocycles. The minimum atomic E-state index is -0.654. The Kier molecular flexibility index (Phi) is 5.62. The molecule has 120 valence electrons. The Balaban J connectivity index is 1.73. The van der Waals surface area contributed by atoms with Crippen LogP contribution in [0.1, 0.15) is 46.0 Å². The Labute approximate surface area is 127 Å². The van der Waals surface area contributed by atoms with Gasteiger partial charge in [-0.3, -0.25) is 9.59 Å². The van der Waals surface area contributed by atoms with Crippen LogP contribution in [0.2, 0.25) is 0 Å². The third kappa shape index (κ3) is 3.57. The predicted molar refractivity (Wildman–Crippen MR) is 80.9 cm³/mol. The normalized spacial score (nSPS) is 30.6. The Morgan fingerprint density at radius 1 is 1.19 bits per heavy atom. The van der Waals surface area contributed by atoms with Gasteiger partial charge in [-0.2, -0.15) is 0 Å². The molecule has 0 aromatic rings. The van der Waals surface area contributed by atoms with Crippen LogP contribution in [0.5, 0.6) is 0 Å². The summed E-state index contributed by atoms with van der Waals surface area (Å²) in [6.45, 7) is 6.25. The van der Waals surface area contributed by atoms with E-state index in [1.54, 1.807) is 0 Å². The average molecular weight is 296 g/mol. The number of carboxylic acid groups (broad SMARTS) is 1. The molecule has 2 aliphatic rings. The quantitative estimate of drug-likeness (QED) is 0.669. The lowest BCUT2D eigenvalue weighted by Gasteiger charge is -2.29. The van der Waals surface area contributed by atoms with Crippen LogP contribution in [-0.4, -0.2) is 47.6 Å². The van der Waals surface area contributed by atoms with Crippen LogP contribution in [0.3, 0.4) is 0 Å². The van der Waals surface area contributed by atoms with E-state index in [1.807, 2.05) is 18.7 Å². The molecular formula is C16H28N2O3. The second-order valence-electron chi connectivity index (χ2n) is 6.35. The van der Waals surface area contributed by atoms with Crippen molar-refractivity contribution in [2.75, 3.05) is 19.6 Å². The van der Waals surface area contributed by atoms with E-state index in [9.17, 15) is 14.7 Å². The molecule has 2 N–H and O–H groups in total. The summed E-state index contributed by atoms with van der Waals surface area (Å²) in [7, 11) is 0. The highest BCUT2D eigenvalue weighted by atomic mass is 16.4. The molecule has 2 bridgehead atoms. The lowest BCUT2D eigenvalue weighted by atomic mass is 9.84. The van der Waals surface area contributed by atoms with Crippen molar-refractivity contribution in [1.82, 2.24) is 10.2 Å². The minimum absolute atomic E-state index is 0.116. The smallest absolute Gasteiger partial charge is 0.308 e. The number of fused-ring (bicyclic) bond motifs is 2. The zero-order valence-corrected chi connectivity index (χ0v) is 13.2. The molecule has 0 heterocycles. The summed E-state index contributed by atoms with van der Waals surface area (Å²) in [5.41, 5.74) is 0. The van der Waals surface area contributed by atoms with Gasteiger partial charge in [-0.05, 0) is 57.9 Å². The summed E-state index contributed by atoms with van der Waals surface area (Å²) in [4.78, 5) is 25.2. The number of nitrogens with zero attached hydrogens (tertiary/aromatic N) is 1. The number of carbonyl (C=O) groups is 2. The lowest BCUT2D eigenvalue weighted by Crippen LogP contribution is -2.44. The third-order valence-electron chi connectivity index (χ3n) is 5.27. The molecule has 2 saturated carbocycles. The number of hydrogen-bond acceptors (Lipinski definition) is 3. The highest BCUT2D eigenvalue weighted by molar-refractivity contribution is 5.76. The third-order valence-corrected chi connectivity index (χ3v) is 5.27. The Hall–Kier alpha value is -1.10. The first kappa shape index (κ1) is 16.3. The van der Waals surface area contributed by atoms with Gasteiger partial charge in [0.2, 0.25) is 5.91 Å². The lowest BCUT2D eigenvalue weighted by molar-refractivity contribution is -0.144. The number of rotatable bonds is 8. The van der Waals surface area contributed by atoms with E-state index in [4.69, 9.17) is 0 Å². The molecule has 21 heavy (non-hydrogen) atoms. The Bertz CT molecular complexity index is 382. The van der Waals surface area contributed by atoms with Crippen molar-refractivity contribution in [3.63, 3.8) is 0 Å². The van der Waals surface area contributed by atoms with E-state index < -0.39 is 5.97 Å². The molecule has 2 fully saturated rings. The molecule has 0 aliphatic heterocycles. The molecule has 4 atom stereocenters. The first-order valence-electron chi connectivity index (χ1n) is 8.32. The Morgan fingerprint density at radius 3 is 2.48 bits per heavy atom. The first-order chi connectivity index (χ1) is 10.1. The first-order valence-corrected chi connectivity index (χ1v) is 8.32. The highest BCUT2D eigenvalue weighted by Crippen LogP contribution is 2.48. The summed E-state index contributed by atoms with van der Waals surface area (Å²) < 4.78 is 0. The fraction of sp³-hybridized carbons (Fsp3) is 0.875. The molecule has 1 amide bonds. The van der Waals surface area contributed by atoms with Crippen LogP contribution in [0, 0.1) is 17.8 Å².